The first-order valence-electron chi connectivity index (χ1n) is 7.63. The van der Waals surface area contributed by atoms with Gasteiger partial charge in [0.2, 0.25) is 11.8 Å². The van der Waals surface area contributed by atoms with E-state index in [0.717, 1.165) is 6.42 Å². The third-order valence-corrected chi connectivity index (χ3v) is 4.19. The number of anilines is 1. The summed E-state index contributed by atoms with van der Waals surface area (Å²) in [4.78, 5) is 37.5. The van der Waals surface area contributed by atoms with E-state index in [1.54, 1.807) is 29.2 Å². The zero-order valence-electron chi connectivity index (χ0n) is 13.3. The minimum atomic E-state index is -0.331. The first kappa shape index (κ1) is 16.2. The van der Waals surface area contributed by atoms with Gasteiger partial charge in [-0.05, 0) is 32.4 Å². The van der Waals surface area contributed by atoms with E-state index in [4.69, 9.17) is 0 Å². The van der Waals surface area contributed by atoms with Crippen molar-refractivity contribution >= 4 is 23.3 Å². The number of carbonyl (C=O) groups is 3. The van der Waals surface area contributed by atoms with Crippen molar-refractivity contribution in [3.8, 4) is 0 Å². The molecule has 2 rings (SSSR count). The van der Waals surface area contributed by atoms with Gasteiger partial charge >= 0.3 is 0 Å². The molecule has 1 fully saturated rings. The molecule has 0 spiro atoms. The van der Waals surface area contributed by atoms with Gasteiger partial charge in [-0.1, -0.05) is 19.1 Å². The van der Waals surface area contributed by atoms with Crippen LogP contribution in [0.25, 0.3) is 0 Å². The fraction of sp³-hybridized carbons (Fsp3) is 0.471. The lowest BCUT2D eigenvalue weighted by molar-refractivity contribution is -0.129. The van der Waals surface area contributed by atoms with Gasteiger partial charge in [0, 0.05) is 30.3 Å². The van der Waals surface area contributed by atoms with Crippen LogP contribution in [0.2, 0.25) is 0 Å². The summed E-state index contributed by atoms with van der Waals surface area (Å²) in [6, 6.07) is 7.00. The van der Waals surface area contributed by atoms with Gasteiger partial charge in [-0.15, -0.1) is 0 Å². The molecule has 2 amide bonds. The minimum absolute atomic E-state index is 0.0342. The molecular formula is C17H22N2O3. The Kier molecular flexibility index (Phi) is 4.96. The number of ketones is 1. The van der Waals surface area contributed by atoms with Crippen molar-refractivity contribution in [2.75, 3.05) is 11.9 Å². The van der Waals surface area contributed by atoms with E-state index in [-0.39, 0.29) is 36.0 Å². The van der Waals surface area contributed by atoms with Gasteiger partial charge in [0.25, 0.3) is 0 Å². The molecular weight excluding hydrogens is 280 g/mol. The Labute approximate surface area is 130 Å². The van der Waals surface area contributed by atoms with Crippen LogP contribution < -0.4 is 5.32 Å². The second kappa shape index (κ2) is 6.73. The number of nitrogens with one attached hydrogen (secondary N) is 1. The largest absolute Gasteiger partial charge is 0.339 e. The number of benzene rings is 1. The summed E-state index contributed by atoms with van der Waals surface area (Å²) in [6.07, 6.45) is 1.13. The van der Waals surface area contributed by atoms with Crippen LogP contribution in [0.1, 0.15) is 44.0 Å². The van der Waals surface area contributed by atoms with Gasteiger partial charge in [-0.2, -0.15) is 0 Å². The number of amides is 2. The van der Waals surface area contributed by atoms with Crippen LogP contribution >= 0.6 is 0 Å². The van der Waals surface area contributed by atoms with Crippen LogP contribution in [0.5, 0.6) is 0 Å². The van der Waals surface area contributed by atoms with Crippen LogP contribution in [-0.2, 0) is 9.59 Å². The summed E-state index contributed by atoms with van der Waals surface area (Å²) >= 11 is 0. The molecule has 22 heavy (non-hydrogen) atoms. The molecule has 1 heterocycles. The summed E-state index contributed by atoms with van der Waals surface area (Å²) in [5.41, 5.74) is 1.15. The molecule has 5 nitrogen and oxygen atoms in total. The topological polar surface area (TPSA) is 66.5 Å². The lowest BCUT2D eigenvalue weighted by Crippen LogP contribution is -2.35. The van der Waals surface area contributed by atoms with Crippen LogP contribution in [0.4, 0.5) is 5.69 Å². The maximum absolute atomic E-state index is 12.3. The van der Waals surface area contributed by atoms with Gasteiger partial charge in [-0.25, -0.2) is 0 Å². The number of hydrogen-bond donors (Lipinski definition) is 1. The van der Waals surface area contributed by atoms with E-state index in [1.165, 1.54) is 6.92 Å². The minimum Gasteiger partial charge on any atom is -0.339 e. The first-order chi connectivity index (χ1) is 10.4. The molecule has 1 N–H and O–H groups in total. The van der Waals surface area contributed by atoms with Crippen molar-refractivity contribution < 1.29 is 14.4 Å². The summed E-state index contributed by atoms with van der Waals surface area (Å²) in [5.74, 6) is -0.510. The normalized spacial score (nSPS) is 19.1. The Morgan fingerprint density at radius 1 is 1.41 bits per heavy atom. The van der Waals surface area contributed by atoms with Crippen LogP contribution in [-0.4, -0.2) is 35.1 Å². The Morgan fingerprint density at radius 2 is 2.14 bits per heavy atom. The van der Waals surface area contributed by atoms with Gasteiger partial charge in [-0.3, -0.25) is 14.4 Å². The molecule has 0 saturated carbocycles. The van der Waals surface area contributed by atoms with Crippen molar-refractivity contribution in [3.63, 3.8) is 0 Å². The Morgan fingerprint density at radius 3 is 2.77 bits per heavy atom. The lowest BCUT2D eigenvalue weighted by atomic mass is 10.1. The fourth-order valence-corrected chi connectivity index (χ4v) is 2.61. The van der Waals surface area contributed by atoms with E-state index in [0.29, 0.717) is 17.8 Å². The smallest absolute Gasteiger partial charge is 0.229 e. The Hall–Kier alpha value is -2.17. The van der Waals surface area contributed by atoms with E-state index < -0.39 is 0 Å². The van der Waals surface area contributed by atoms with Crippen molar-refractivity contribution in [3.05, 3.63) is 29.8 Å². The lowest BCUT2D eigenvalue weighted by Gasteiger charge is -2.23. The molecule has 1 saturated heterocycles. The molecule has 1 aromatic carbocycles. The predicted octanol–water partition coefficient (Wildman–Crippen LogP) is 2.47. The molecule has 0 aliphatic carbocycles. The highest BCUT2D eigenvalue weighted by molar-refractivity contribution is 5.99. The summed E-state index contributed by atoms with van der Waals surface area (Å²) < 4.78 is 0. The van der Waals surface area contributed by atoms with E-state index >= 15 is 0 Å². The highest BCUT2D eigenvalue weighted by atomic mass is 16.2. The number of rotatable bonds is 5. The van der Waals surface area contributed by atoms with Crippen molar-refractivity contribution in [1.29, 1.82) is 0 Å². The second-order valence-electron chi connectivity index (χ2n) is 5.83. The highest BCUT2D eigenvalue weighted by Crippen LogP contribution is 2.23. The highest BCUT2D eigenvalue weighted by Gasteiger charge is 2.36. The maximum atomic E-state index is 12.3. The van der Waals surface area contributed by atoms with Crippen molar-refractivity contribution in [2.24, 2.45) is 5.92 Å². The van der Waals surface area contributed by atoms with Gasteiger partial charge < -0.3 is 10.2 Å². The Bertz CT molecular complexity index is 597. The molecule has 0 bridgehead atoms. The van der Waals surface area contributed by atoms with Crippen molar-refractivity contribution in [1.82, 2.24) is 4.90 Å². The summed E-state index contributed by atoms with van der Waals surface area (Å²) in [6.45, 7) is 5.97. The molecule has 0 aromatic heterocycles. The Balaban J connectivity index is 2.03. The molecule has 0 radical (unpaired) electrons. The van der Waals surface area contributed by atoms with Crippen LogP contribution in [0.15, 0.2) is 24.3 Å². The number of hydrogen-bond acceptors (Lipinski definition) is 3. The zero-order valence-corrected chi connectivity index (χ0v) is 13.3. The third-order valence-electron chi connectivity index (χ3n) is 4.19. The number of Topliss-reactive ketones (excluding diaryl/α,β-unsaturated/α-hetero) is 1. The third kappa shape index (κ3) is 3.53. The number of nitrogens with zero attached hydrogens (tertiary/aromatic N) is 1. The zero-order chi connectivity index (χ0) is 16.3. The number of likely N-dealkylation sites (tertiary alicyclic amines) is 1. The molecule has 1 aromatic rings. The molecule has 5 heteroatoms. The van der Waals surface area contributed by atoms with Gasteiger partial charge in [0.1, 0.15) is 0 Å². The summed E-state index contributed by atoms with van der Waals surface area (Å²) in [7, 11) is 0. The SMILES string of the molecule is CCC(C)N1CC(C(=O)Nc2cccc(C(C)=O)c2)CC1=O. The molecule has 2 atom stereocenters. The molecule has 1 aliphatic heterocycles. The fourth-order valence-electron chi connectivity index (χ4n) is 2.61. The molecule has 118 valence electrons. The quantitative estimate of drug-likeness (QED) is 0.850. The van der Waals surface area contributed by atoms with E-state index in [9.17, 15) is 14.4 Å². The van der Waals surface area contributed by atoms with E-state index in [2.05, 4.69) is 5.32 Å². The average molecular weight is 302 g/mol. The first-order valence-corrected chi connectivity index (χ1v) is 7.63. The van der Waals surface area contributed by atoms with Crippen LogP contribution in [0.3, 0.4) is 0 Å². The maximum Gasteiger partial charge on any atom is 0.229 e. The average Bonchev–Trinajstić information content (AvgIpc) is 2.89. The monoisotopic (exact) mass is 302 g/mol. The second-order valence-corrected chi connectivity index (χ2v) is 5.83. The molecule has 1 aliphatic rings. The number of carbonyl (C=O) groups excluding carboxylic acids is 3. The molecule has 2 unspecified atom stereocenters. The van der Waals surface area contributed by atoms with E-state index in [1.807, 2.05) is 13.8 Å². The van der Waals surface area contributed by atoms with Gasteiger partial charge in [0.15, 0.2) is 5.78 Å². The van der Waals surface area contributed by atoms with Gasteiger partial charge in [0.05, 0.1) is 5.92 Å². The van der Waals surface area contributed by atoms with Crippen molar-refractivity contribution in [2.45, 2.75) is 39.7 Å². The predicted molar refractivity (Wildman–Crippen MR) is 84.6 cm³/mol. The standard InChI is InChI=1S/C17H22N2O3/c1-4-11(2)19-10-14(9-16(19)21)17(22)18-15-7-5-6-13(8-15)12(3)20/h5-8,11,14H,4,9-10H2,1-3H3,(H,18,22). The summed E-state index contributed by atoms with van der Waals surface area (Å²) in [5, 5.41) is 2.81. The van der Waals surface area contributed by atoms with Crippen LogP contribution in [0, 0.1) is 5.92 Å².